The van der Waals surface area contributed by atoms with Gasteiger partial charge in [0.2, 0.25) is 11.8 Å². The van der Waals surface area contributed by atoms with Crippen molar-refractivity contribution >= 4 is 17.6 Å². The highest BCUT2D eigenvalue weighted by Crippen LogP contribution is 2.33. The number of amides is 2. The number of H-pyrrole nitrogens is 1. The first-order valence-corrected chi connectivity index (χ1v) is 10.6. The molecule has 0 bridgehead atoms. The van der Waals surface area contributed by atoms with Gasteiger partial charge in [-0.3, -0.25) is 14.7 Å². The Morgan fingerprint density at radius 1 is 1.39 bits per heavy atom. The second-order valence-corrected chi connectivity index (χ2v) is 7.92. The molecule has 0 spiro atoms. The maximum absolute atomic E-state index is 12.3. The number of nitrogens with zero attached hydrogens (tertiary/aromatic N) is 3. The lowest BCUT2D eigenvalue weighted by atomic mass is 9.97. The lowest BCUT2D eigenvalue weighted by molar-refractivity contribution is -0.131. The van der Waals surface area contributed by atoms with Crippen LogP contribution in [0.1, 0.15) is 31.4 Å². The fourth-order valence-corrected chi connectivity index (χ4v) is 4.00. The predicted octanol–water partition coefficient (Wildman–Crippen LogP) is 1.68. The Balaban J connectivity index is 1.42. The molecule has 1 atom stereocenters. The van der Waals surface area contributed by atoms with Gasteiger partial charge >= 0.3 is 0 Å². The standard InChI is InChI=1S/C22H28N6O3/c1-15(29)24-12-21(30)28-7-5-18(13-28)22-19(11-26-27-22)17-4-6-23-20(9-17)25-10-16-3-2-8-31-14-16/h3-4,6,9,11,18H,2,5,7-8,10,12-14H2,1H3,(H,23,25)(H,24,29)(H,26,27). The van der Waals surface area contributed by atoms with E-state index in [0.717, 1.165) is 42.1 Å². The number of hydrogen-bond donors (Lipinski definition) is 3. The van der Waals surface area contributed by atoms with Crippen molar-refractivity contribution < 1.29 is 14.3 Å². The van der Waals surface area contributed by atoms with E-state index in [0.29, 0.717) is 26.2 Å². The Labute approximate surface area is 181 Å². The molecule has 2 aromatic rings. The largest absolute Gasteiger partial charge is 0.377 e. The Hall–Kier alpha value is -3.20. The topological polar surface area (TPSA) is 112 Å². The zero-order valence-corrected chi connectivity index (χ0v) is 17.7. The number of likely N-dealkylation sites (tertiary alicyclic amines) is 1. The number of anilines is 1. The fourth-order valence-electron chi connectivity index (χ4n) is 4.00. The quantitative estimate of drug-likeness (QED) is 0.583. The number of hydrogen-bond acceptors (Lipinski definition) is 6. The van der Waals surface area contributed by atoms with Crippen molar-refractivity contribution in [1.29, 1.82) is 0 Å². The molecule has 0 aromatic carbocycles. The van der Waals surface area contributed by atoms with Gasteiger partial charge in [-0.1, -0.05) is 6.08 Å². The summed E-state index contributed by atoms with van der Waals surface area (Å²) in [6, 6.07) is 3.99. The number of aromatic nitrogens is 3. The predicted molar refractivity (Wildman–Crippen MR) is 116 cm³/mol. The van der Waals surface area contributed by atoms with E-state index in [1.165, 1.54) is 12.5 Å². The highest BCUT2D eigenvalue weighted by atomic mass is 16.5. The van der Waals surface area contributed by atoms with Crippen LogP contribution in [-0.2, 0) is 14.3 Å². The minimum atomic E-state index is -0.200. The van der Waals surface area contributed by atoms with E-state index in [4.69, 9.17) is 4.74 Å². The molecule has 2 aliphatic heterocycles. The van der Waals surface area contributed by atoms with Crippen LogP contribution >= 0.6 is 0 Å². The first kappa shape index (κ1) is 21.0. The first-order chi connectivity index (χ1) is 15.1. The third-order valence-electron chi connectivity index (χ3n) is 5.66. The minimum absolute atomic E-state index is 0.0404. The van der Waals surface area contributed by atoms with E-state index < -0.39 is 0 Å². The molecule has 1 unspecified atom stereocenters. The molecule has 31 heavy (non-hydrogen) atoms. The number of aromatic amines is 1. The Kier molecular flexibility index (Phi) is 6.61. The molecule has 2 aliphatic rings. The second kappa shape index (κ2) is 9.74. The van der Waals surface area contributed by atoms with Gasteiger partial charge in [-0.25, -0.2) is 4.98 Å². The van der Waals surface area contributed by atoms with Gasteiger partial charge in [-0.15, -0.1) is 0 Å². The van der Waals surface area contributed by atoms with E-state index in [1.54, 1.807) is 11.1 Å². The van der Waals surface area contributed by atoms with Crippen LogP contribution in [0.15, 0.2) is 36.2 Å². The number of ether oxygens (including phenoxy) is 1. The molecule has 164 valence electrons. The number of pyridine rings is 1. The molecule has 1 fully saturated rings. The van der Waals surface area contributed by atoms with E-state index in [1.807, 2.05) is 18.3 Å². The molecule has 4 heterocycles. The first-order valence-electron chi connectivity index (χ1n) is 10.6. The van der Waals surface area contributed by atoms with Crippen molar-refractivity contribution in [1.82, 2.24) is 25.4 Å². The zero-order valence-electron chi connectivity index (χ0n) is 17.7. The lowest BCUT2D eigenvalue weighted by Gasteiger charge is -2.17. The molecule has 9 nitrogen and oxygen atoms in total. The van der Waals surface area contributed by atoms with Crippen LogP contribution in [0.3, 0.4) is 0 Å². The molecule has 3 N–H and O–H groups in total. The Morgan fingerprint density at radius 2 is 2.29 bits per heavy atom. The van der Waals surface area contributed by atoms with Crippen molar-refractivity contribution in [3.8, 4) is 11.1 Å². The van der Waals surface area contributed by atoms with Gasteiger partial charge < -0.3 is 20.3 Å². The summed E-state index contributed by atoms with van der Waals surface area (Å²) < 4.78 is 5.49. The SMILES string of the molecule is CC(=O)NCC(=O)N1CCC(c2[nH]ncc2-c2ccnc(NCC3=CCCOC3)c2)C1. The van der Waals surface area contributed by atoms with E-state index in [9.17, 15) is 9.59 Å². The third-order valence-corrected chi connectivity index (χ3v) is 5.66. The smallest absolute Gasteiger partial charge is 0.241 e. The van der Waals surface area contributed by atoms with Gasteiger partial charge in [0.15, 0.2) is 0 Å². The fraction of sp³-hybridized carbons (Fsp3) is 0.455. The second-order valence-electron chi connectivity index (χ2n) is 7.92. The highest BCUT2D eigenvalue weighted by molar-refractivity contribution is 5.84. The van der Waals surface area contributed by atoms with Crippen LogP contribution < -0.4 is 10.6 Å². The van der Waals surface area contributed by atoms with Crippen LogP contribution in [0, 0.1) is 0 Å². The molecule has 0 radical (unpaired) electrons. The van der Waals surface area contributed by atoms with Crippen LogP contribution in [0.25, 0.3) is 11.1 Å². The summed E-state index contributed by atoms with van der Waals surface area (Å²) >= 11 is 0. The maximum Gasteiger partial charge on any atom is 0.241 e. The average molecular weight is 425 g/mol. The van der Waals surface area contributed by atoms with Gasteiger partial charge in [0.1, 0.15) is 5.82 Å². The van der Waals surface area contributed by atoms with Crippen molar-refractivity contribution in [2.24, 2.45) is 0 Å². The summed E-state index contributed by atoms with van der Waals surface area (Å²) in [6.07, 6.45) is 7.64. The van der Waals surface area contributed by atoms with Gasteiger partial charge in [0, 0.05) is 49.9 Å². The van der Waals surface area contributed by atoms with E-state index in [-0.39, 0.29) is 24.3 Å². The molecular formula is C22H28N6O3. The van der Waals surface area contributed by atoms with Crippen molar-refractivity contribution in [3.63, 3.8) is 0 Å². The molecular weight excluding hydrogens is 396 g/mol. The normalized spacial score (nSPS) is 18.5. The summed E-state index contributed by atoms with van der Waals surface area (Å²) in [4.78, 5) is 29.6. The van der Waals surface area contributed by atoms with E-state index >= 15 is 0 Å². The minimum Gasteiger partial charge on any atom is -0.377 e. The lowest BCUT2D eigenvalue weighted by Crippen LogP contribution is -2.38. The Bertz CT molecular complexity index is 970. The molecule has 0 aliphatic carbocycles. The number of rotatable bonds is 7. The molecule has 2 aromatic heterocycles. The number of nitrogens with one attached hydrogen (secondary N) is 3. The van der Waals surface area contributed by atoms with Crippen molar-refractivity contribution in [3.05, 3.63) is 41.9 Å². The monoisotopic (exact) mass is 424 g/mol. The number of carbonyl (C=O) groups excluding carboxylic acids is 2. The van der Waals surface area contributed by atoms with Gasteiger partial charge in [-0.2, -0.15) is 5.10 Å². The zero-order chi connectivity index (χ0) is 21.6. The summed E-state index contributed by atoms with van der Waals surface area (Å²) in [5, 5.41) is 13.4. The van der Waals surface area contributed by atoms with Crippen LogP contribution in [0.4, 0.5) is 5.82 Å². The highest BCUT2D eigenvalue weighted by Gasteiger charge is 2.30. The molecule has 0 saturated carbocycles. The summed E-state index contributed by atoms with van der Waals surface area (Å²) in [6.45, 7) is 4.89. The maximum atomic E-state index is 12.3. The van der Waals surface area contributed by atoms with Gasteiger partial charge in [0.25, 0.3) is 0 Å². The summed E-state index contributed by atoms with van der Waals surface area (Å²) in [5.74, 6) is 0.715. The van der Waals surface area contributed by atoms with Crippen molar-refractivity contribution in [2.75, 3.05) is 44.7 Å². The summed E-state index contributed by atoms with van der Waals surface area (Å²) in [5.41, 5.74) is 4.30. The van der Waals surface area contributed by atoms with Crippen molar-refractivity contribution in [2.45, 2.75) is 25.7 Å². The Morgan fingerprint density at radius 3 is 3.10 bits per heavy atom. The summed E-state index contributed by atoms with van der Waals surface area (Å²) in [7, 11) is 0. The van der Waals surface area contributed by atoms with Gasteiger partial charge in [-0.05, 0) is 36.1 Å². The number of carbonyl (C=O) groups is 2. The van der Waals surface area contributed by atoms with Gasteiger partial charge in [0.05, 0.1) is 26.0 Å². The molecule has 9 heteroatoms. The average Bonchev–Trinajstić information content (AvgIpc) is 3.46. The molecule has 1 saturated heterocycles. The van der Waals surface area contributed by atoms with Crippen LogP contribution in [0.5, 0.6) is 0 Å². The third kappa shape index (κ3) is 5.29. The van der Waals surface area contributed by atoms with Crippen LogP contribution in [0.2, 0.25) is 0 Å². The molecule has 4 rings (SSSR count). The molecule has 2 amide bonds. The van der Waals surface area contributed by atoms with Crippen LogP contribution in [-0.4, -0.2) is 71.3 Å². The van der Waals surface area contributed by atoms with E-state index in [2.05, 4.69) is 31.9 Å².